The Morgan fingerprint density at radius 1 is 1.33 bits per heavy atom. The molecule has 2 rings (SSSR count). The molecule has 0 aliphatic rings. The van der Waals surface area contributed by atoms with Crippen LogP contribution in [-0.4, -0.2) is 17.0 Å². The van der Waals surface area contributed by atoms with Crippen molar-refractivity contribution in [3.05, 3.63) is 51.7 Å². The Hall–Kier alpha value is -3.14. The van der Waals surface area contributed by atoms with Crippen LogP contribution in [0.5, 0.6) is 17.4 Å². The molecular formula is C14H11N3O4. The van der Waals surface area contributed by atoms with Crippen molar-refractivity contribution in [3.8, 4) is 23.4 Å². The molecule has 0 bridgehead atoms. The van der Waals surface area contributed by atoms with Gasteiger partial charge in [-0.1, -0.05) is 0 Å². The standard InChI is InChI=1S/C14H11N3O4/c1-9-5-10(8-15)6-14(16-9)21-13-7-11(20-2)3-4-12(13)17(18)19/h3-7H,1-2H3. The van der Waals surface area contributed by atoms with E-state index in [2.05, 4.69) is 4.98 Å². The van der Waals surface area contributed by atoms with Crippen molar-refractivity contribution >= 4 is 5.69 Å². The summed E-state index contributed by atoms with van der Waals surface area (Å²) in [6.45, 7) is 1.70. The number of pyridine rings is 1. The van der Waals surface area contributed by atoms with Gasteiger partial charge in [0, 0.05) is 23.9 Å². The fraction of sp³-hybridized carbons (Fsp3) is 0.143. The molecule has 0 atom stereocenters. The molecular weight excluding hydrogens is 274 g/mol. The summed E-state index contributed by atoms with van der Waals surface area (Å²) in [6.07, 6.45) is 0. The van der Waals surface area contributed by atoms with Crippen molar-refractivity contribution in [1.82, 2.24) is 4.98 Å². The molecule has 21 heavy (non-hydrogen) atoms. The molecule has 106 valence electrons. The van der Waals surface area contributed by atoms with E-state index >= 15 is 0 Å². The predicted molar refractivity (Wildman–Crippen MR) is 73.4 cm³/mol. The minimum absolute atomic E-state index is 0.00124. The molecule has 1 aromatic heterocycles. The Bertz CT molecular complexity index is 737. The number of hydrogen-bond donors (Lipinski definition) is 0. The Kier molecular flexibility index (Phi) is 4.00. The highest BCUT2D eigenvalue weighted by Gasteiger charge is 2.17. The fourth-order valence-corrected chi connectivity index (χ4v) is 1.72. The molecule has 1 aromatic carbocycles. The van der Waals surface area contributed by atoms with Crippen LogP contribution in [0.3, 0.4) is 0 Å². The molecule has 7 nitrogen and oxygen atoms in total. The quantitative estimate of drug-likeness (QED) is 0.632. The van der Waals surface area contributed by atoms with E-state index in [9.17, 15) is 10.1 Å². The first-order valence-corrected chi connectivity index (χ1v) is 5.92. The molecule has 0 fully saturated rings. The number of aryl methyl sites for hydroxylation is 1. The molecule has 0 aliphatic carbocycles. The third-order valence-corrected chi connectivity index (χ3v) is 2.64. The summed E-state index contributed by atoms with van der Waals surface area (Å²) >= 11 is 0. The Labute approximate surface area is 120 Å². The van der Waals surface area contributed by atoms with Crippen LogP contribution in [-0.2, 0) is 0 Å². The molecule has 0 saturated carbocycles. The lowest BCUT2D eigenvalue weighted by Crippen LogP contribution is -1.97. The number of benzene rings is 1. The summed E-state index contributed by atoms with van der Waals surface area (Å²) < 4.78 is 10.5. The van der Waals surface area contributed by atoms with Gasteiger partial charge in [0.25, 0.3) is 0 Å². The van der Waals surface area contributed by atoms with Gasteiger partial charge in [-0.2, -0.15) is 5.26 Å². The zero-order valence-corrected chi connectivity index (χ0v) is 11.4. The number of nitrogens with zero attached hydrogens (tertiary/aromatic N) is 3. The van der Waals surface area contributed by atoms with Crippen molar-refractivity contribution in [2.75, 3.05) is 7.11 Å². The molecule has 0 saturated heterocycles. The molecule has 0 radical (unpaired) electrons. The monoisotopic (exact) mass is 285 g/mol. The first-order valence-electron chi connectivity index (χ1n) is 5.92. The van der Waals surface area contributed by atoms with E-state index in [1.807, 2.05) is 6.07 Å². The van der Waals surface area contributed by atoms with Crippen molar-refractivity contribution in [2.24, 2.45) is 0 Å². The molecule has 0 spiro atoms. The van der Waals surface area contributed by atoms with Crippen LogP contribution >= 0.6 is 0 Å². The van der Waals surface area contributed by atoms with Crippen molar-refractivity contribution in [3.63, 3.8) is 0 Å². The second-order valence-corrected chi connectivity index (χ2v) is 4.14. The Morgan fingerprint density at radius 3 is 2.71 bits per heavy atom. The number of nitro groups is 1. The number of ether oxygens (including phenoxy) is 2. The van der Waals surface area contributed by atoms with E-state index in [0.29, 0.717) is 17.0 Å². The normalized spacial score (nSPS) is 9.76. The Balaban J connectivity index is 2.45. The van der Waals surface area contributed by atoms with Crippen LogP contribution in [0.1, 0.15) is 11.3 Å². The highest BCUT2D eigenvalue weighted by Crippen LogP contribution is 2.34. The third-order valence-electron chi connectivity index (χ3n) is 2.64. The van der Waals surface area contributed by atoms with Gasteiger partial charge in [-0.15, -0.1) is 0 Å². The first-order chi connectivity index (χ1) is 10.0. The molecule has 1 heterocycles. The average Bonchev–Trinajstić information content (AvgIpc) is 2.46. The van der Waals surface area contributed by atoms with Crippen molar-refractivity contribution in [1.29, 1.82) is 5.26 Å². The first kappa shape index (κ1) is 14.3. The molecule has 0 aliphatic heterocycles. The van der Waals surface area contributed by atoms with Crippen LogP contribution in [0.15, 0.2) is 30.3 Å². The van der Waals surface area contributed by atoms with Gasteiger partial charge in [0.2, 0.25) is 11.6 Å². The maximum absolute atomic E-state index is 11.0. The van der Waals surface area contributed by atoms with E-state index in [4.69, 9.17) is 14.7 Å². The van der Waals surface area contributed by atoms with Crippen LogP contribution in [0.2, 0.25) is 0 Å². The minimum atomic E-state index is -0.560. The fourth-order valence-electron chi connectivity index (χ4n) is 1.72. The number of aromatic nitrogens is 1. The predicted octanol–water partition coefficient (Wildman–Crippen LogP) is 2.97. The lowest BCUT2D eigenvalue weighted by Gasteiger charge is -2.08. The van der Waals surface area contributed by atoms with Gasteiger partial charge in [0.15, 0.2) is 0 Å². The van der Waals surface area contributed by atoms with E-state index in [0.717, 1.165) is 0 Å². The lowest BCUT2D eigenvalue weighted by atomic mass is 10.2. The smallest absolute Gasteiger partial charge is 0.311 e. The molecule has 0 N–H and O–H groups in total. The maximum atomic E-state index is 11.0. The molecule has 0 unspecified atom stereocenters. The third kappa shape index (κ3) is 3.25. The average molecular weight is 285 g/mol. The number of methoxy groups -OCH3 is 1. The lowest BCUT2D eigenvalue weighted by molar-refractivity contribution is -0.385. The summed E-state index contributed by atoms with van der Waals surface area (Å²) in [5.74, 6) is 0.535. The SMILES string of the molecule is COc1ccc([N+](=O)[O-])c(Oc2cc(C#N)cc(C)n2)c1. The zero-order valence-electron chi connectivity index (χ0n) is 11.4. The number of nitro benzene ring substituents is 1. The second kappa shape index (κ2) is 5.88. The molecule has 0 amide bonds. The summed E-state index contributed by atoms with van der Waals surface area (Å²) in [6, 6.07) is 9.13. The van der Waals surface area contributed by atoms with E-state index < -0.39 is 4.92 Å². The number of nitriles is 1. The number of rotatable bonds is 4. The van der Waals surface area contributed by atoms with E-state index in [1.54, 1.807) is 13.0 Å². The van der Waals surface area contributed by atoms with Gasteiger partial charge in [0.05, 0.1) is 23.7 Å². The zero-order chi connectivity index (χ0) is 15.4. The highest BCUT2D eigenvalue weighted by molar-refractivity contribution is 5.52. The largest absolute Gasteiger partial charge is 0.497 e. The van der Waals surface area contributed by atoms with Crippen molar-refractivity contribution < 1.29 is 14.4 Å². The van der Waals surface area contributed by atoms with Gasteiger partial charge in [0.1, 0.15) is 5.75 Å². The van der Waals surface area contributed by atoms with Gasteiger partial charge < -0.3 is 9.47 Å². The number of hydrogen-bond acceptors (Lipinski definition) is 6. The maximum Gasteiger partial charge on any atom is 0.311 e. The van der Waals surface area contributed by atoms with Crippen LogP contribution < -0.4 is 9.47 Å². The summed E-state index contributed by atoms with van der Waals surface area (Å²) in [7, 11) is 1.45. The van der Waals surface area contributed by atoms with Crippen LogP contribution in [0.25, 0.3) is 0 Å². The topological polar surface area (TPSA) is 98.3 Å². The second-order valence-electron chi connectivity index (χ2n) is 4.14. The van der Waals surface area contributed by atoms with Crippen LogP contribution in [0, 0.1) is 28.4 Å². The highest BCUT2D eigenvalue weighted by atomic mass is 16.6. The summed E-state index contributed by atoms with van der Waals surface area (Å²) in [4.78, 5) is 14.6. The van der Waals surface area contributed by atoms with Gasteiger partial charge in [-0.3, -0.25) is 10.1 Å². The molecule has 2 aromatic rings. The van der Waals surface area contributed by atoms with Crippen molar-refractivity contribution in [2.45, 2.75) is 6.92 Å². The van der Waals surface area contributed by atoms with E-state index in [-0.39, 0.29) is 17.3 Å². The van der Waals surface area contributed by atoms with Gasteiger partial charge in [-0.25, -0.2) is 4.98 Å². The minimum Gasteiger partial charge on any atom is -0.497 e. The molecule has 7 heteroatoms. The van der Waals surface area contributed by atoms with E-state index in [1.165, 1.54) is 31.4 Å². The van der Waals surface area contributed by atoms with Crippen LogP contribution in [0.4, 0.5) is 5.69 Å². The van der Waals surface area contributed by atoms with Gasteiger partial charge in [-0.05, 0) is 19.1 Å². The Morgan fingerprint density at radius 2 is 2.10 bits per heavy atom. The summed E-state index contributed by atoms with van der Waals surface area (Å²) in [5, 5.41) is 19.9. The van der Waals surface area contributed by atoms with Gasteiger partial charge >= 0.3 is 5.69 Å². The summed E-state index contributed by atoms with van der Waals surface area (Å²) in [5.41, 5.74) is 0.732.